The van der Waals surface area contributed by atoms with E-state index in [2.05, 4.69) is 24.1 Å². The highest BCUT2D eigenvalue weighted by atomic mass is 35.5. The molecule has 0 aliphatic heterocycles. The molecule has 5 heteroatoms. The van der Waals surface area contributed by atoms with Gasteiger partial charge in [-0.2, -0.15) is 0 Å². The maximum Gasteiger partial charge on any atom is 0.251 e. The summed E-state index contributed by atoms with van der Waals surface area (Å²) in [7, 11) is 1.75. The average molecular weight is 284 g/mol. The molecule has 0 saturated heterocycles. The highest BCUT2D eigenvalue weighted by Crippen LogP contribution is 2.15. The molecular weight excluding hydrogens is 262 g/mol. The number of carbonyl (C=O) groups excluding carboxylic acids is 1. The van der Waals surface area contributed by atoms with Crippen LogP contribution in [0.1, 0.15) is 24.2 Å². The van der Waals surface area contributed by atoms with E-state index in [1.54, 1.807) is 19.2 Å². The molecule has 0 unspecified atom stereocenters. The average Bonchev–Trinajstić information content (AvgIpc) is 2.43. The number of carbonyl (C=O) groups is 1. The summed E-state index contributed by atoms with van der Waals surface area (Å²) in [6.45, 7) is 7.78. The summed E-state index contributed by atoms with van der Waals surface area (Å²) >= 11 is 5.81. The van der Waals surface area contributed by atoms with E-state index in [4.69, 9.17) is 11.8 Å². The minimum atomic E-state index is -0.0454. The van der Waals surface area contributed by atoms with Crippen LogP contribution in [0.25, 0.3) is 0 Å². The maximum atomic E-state index is 11.9. The van der Waals surface area contributed by atoms with E-state index < -0.39 is 0 Å². The Kier molecular flexibility index (Phi) is 6.67. The molecular formula is C14H22ClN3O. The minimum Gasteiger partial charge on any atom is -0.351 e. The molecule has 1 aromatic carbocycles. The monoisotopic (exact) mass is 283 g/mol. The summed E-state index contributed by atoms with van der Waals surface area (Å²) in [5.74, 6) is -0.0454. The van der Waals surface area contributed by atoms with Gasteiger partial charge < -0.3 is 10.2 Å². The first-order valence-electron chi connectivity index (χ1n) is 6.58. The van der Waals surface area contributed by atoms with E-state index in [0.29, 0.717) is 12.1 Å². The second-order valence-electron chi connectivity index (χ2n) is 4.31. The zero-order valence-electron chi connectivity index (χ0n) is 11.8. The molecule has 4 nitrogen and oxygen atoms in total. The Bertz CT molecular complexity index is 388. The summed E-state index contributed by atoms with van der Waals surface area (Å²) < 4.78 is 1.49. The molecule has 0 heterocycles. The van der Waals surface area contributed by atoms with Crippen LogP contribution in [-0.4, -0.2) is 44.0 Å². The lowest BCUT2D eigenvalue weighted by Gasteiger charge is -2.18. The first-order valence-corrected chi connectivity index (χ1v) is 6.92. The van der Waals surface area contributed by atoms with E-state index >= 15 is 0 Å². The van der Waals surface area contributed by atoms with E-state index in [9.17, 15) is 4.79 Å². The van der Waals surface area contributed by atoms with Crippen LogP contribution in [0.15, 0.2) is 24.3 Å². The summed E-state index contributed by atoms with van der Waals surface area (Å²) in [5, 5.41) is 2.92. The van der Waals surface area contributed by atoms with E-state index in [1.807, 2.05) is 12.1 Å². The highest BCUT2D eigenvalue weighted by molar-refractivity contribution is 6.25. The number of amides is 1. The SMILES string of the molecule is CCN(CC)CCNC(=O)c1ccc(N(C)Cl)cc1. The van der Waals surface area contributed by atoms with Crippen LogP contribution < -0.4 is 9.74 Å². The molecule has 19 heavy (non-hydrogen) atoms. The molecule has 1 N–H and O–H groups in total. The molecule has 1 rings (SSSR count). The van der Waals surface area contributed by atoms with Gasteiger partial charge in [-0.1, -0.05) is 13.8 Å². The number of hydrogen-bond donors (Lipinski definition) is 1. The van der Waals surface area contributed by atoms with Crippen LogP contribution in [0.5, 0.6) is 0 Å². The number of nitrogens with zero attached hydrogens (tertiary/aromatic N) is 2. The fraction of sp³-hybridized carbons (Fsp3) is 0.500. The van der Waals surface area contributed by atoms with Crippen LogP contribution in [0.2, 0.25) is 0 Å². The molecule has 0 atom stereocenters. The van der Waals surface area contributed by atoms with Gasteiger partial charge >= 0.3 is 0 Å². The molecule has 106 valence electrons. The third-order valence-electron chi connectivity index (χ3n) is 3.09. The van der Waals surface area contributed by atoms with Gasteiger partial charge in [-0.05, 0) is 37.4 Å². The zero-order valence-corrected chi connectivity index (χ0v) is 12.6. The molecule has 0 radical (unpaired) electrons. The molecule has 0 fully saturated rings. The molecule has 0 aliphatic carbocycles. The number of anilines is 1. The molecule has 0 aromatic heterocycles. The Balaban J connectivity index is 2.45. The smallest absolute Gasteiger partial charge is 0.251 e. The fourth-order valence-electron chi connectivity index (χ4n) is 1.79. The van der Waals surface area contributed by atoms with Crippen molar-refractivity contribution in [3.05, 3.63) is 29.8 Å². The van der Waals surface area contributed by atoms with Crippen LogP contribution >= 0.6 is 11.8 Å². The van der Waals surface area contributed by atoms with Crippen molar-refractivity contribution in [3.8, 4) is 0 Å². The van der Waals surface area contributed by atoms with Crippen LogP contribution in [0, 0.1) is 0 Å². The lowest BCUT2D eigenvalue weighted by molar-refractivity contribution is 0.0949. The molecule has 1 amide bonds. The molecule has 0 saturated carbocycles. The van der Waals surface area contributed by atoms with Crippen molar-refractivity contribution in [2.45, 2.75) is 13.8 Å². The third kappa shape index (κ3) is 5.09. The predicted molar refractivity (Wildman–Crippen MR) is 80.8 cm³/mol. The standard InChI is InChI=1S/C14H22ClN3O/c1-4-18(5-2)11-10-16-14(19)12-6-8-13(9-7-12)17(3)15/h6-9H,4-5,10-11H2,1-3H3,(H,16,19). The number of hydrogen-bond acceptors (Lipinski definition) is 3. The van der Waals surface area contributed by atoms with Crippen molar-refractivity contribution >= 4 is 23.4 Å². The van der Waals surface area contributed by atoms with Crippen molar-refractivity contribution in [1.82, 2.24) is 10.2 Å². The Labute approximate surface area is 120 Å². The van der Waals surface area contributed by atoms with Crippen molar-refractivity contribution in [3.63, 3.8) is 0 Å². The molecule has 0 aliphatic rings. The Morgan fingerprint density at radius 2 is 1.79 bits per heavy atom. The van der Waals surface area contributed by atoms with Crippen LogP contribution in [0.4, 0.5) is 5.69 Å². The number of likely N-dealkylation sites (N-methyl/N-ethyl adjacent to an activating group) is 1. The summed E-state index contributed by atoms with van der Waals surface area (Å²) in [6, 6.07) is 7.21. The third-order valence-corrected chi connectivity index (χ3v) is 3.29. The highest BCUT2D eigenvalue weighted by Gasteiger charge is 2.06. The van der Waals surface area contributed by atoms with Gasteiger partial charge in [0.15, 0.2) is 0 Å². The number of rotatable bonds is 7. The predicted octanol–water partition coefficient (Wildman–Crippen LogP) is 2.35. The fourth-order valence-corrected chi connectivity index (χ4v) is 1.90. The second-order valence-corrected chi connectivity index (χ2v) is 4.81. The van der Waals surface area contributed by atoms with Crippen molar-refractivity contribution < 1.29 is 4.79 Å². The topological polar surface area (TPSA) is 35.6 Å². The number of halogens is 1. The summed E-state index contributed by atoms with van der Waals surface area (Å²) in [6.07, 6.45) is 0. The first-order chi connectivity index (χ1) is 9.08. The van der Waals surface area contributed by atoms with Gasteiger partial charge in [0.1, 0.15) is 0 Å². The van der Waals surface area contributed by atoms with Gasteiger partial charge in [0.05, 0.1) is 5.69 Å². The lowest BCUT2D eigenvalue weighted by atomic mass is 10.2. The van der Waals surface area contributed by atoms with Gasteiger partial charge in [-0.15, -0.1) is 0 Å². The van der Waals surface area contributed by atoms with Gasteiger partial charge in [0.25, 0.3) is 5.91 Å². The quantitative estimate of drug-likeness (QED) is 0.780. The number of benzene rings is 1. The molecule has 0 spiro atoms. The second kappa shape index (κ2) is 8.02. The van der Waals surface area contributed by atoms with E-state index in [0.717, 1.165) is 25.3 Å². The maximum absolute atomic E-state index is 11.9. The number of nitrogens with one attached hydrogen (secondary N) is 1. The van der Waals surface area contributed by atoms with E-state index in [-0.39, 0.29) is 5.91 Å². The minimum absolute atomic E-state index is 0.0454. The first kappa shape index (κ1) is 15.8. The summed E-state index contributed by atoms with van der Waals surface area (Å²) in [4.78, 5) is 14.2. The van der Waals surface area contributed by atoms with Crippen molar-refractivity contribution in [2.24, 2.45) is 0 Å². The zero-order chi connectivity index (χ0) is 14.3. The normalized spacial score (nSPS) is 10.6. The summed E-state index contributed by atoms with van der Waals surface area (Å²) in [5.41, 5.74) is 1.52. The lowest BCUT2D eigenvalue weighted by Crippen LogP contribution is -2.34. The largest absolute Gasteiger partial charge is 0.351 e. The Morgan fingerprint density at radius 1 is 1.21 bits per heavy atom. The van der Waals surface area contributed by atoms with Crippen molar-refractivity contribution in [1.29, 1.82) is 0 Å². The van der Waals surface area contributed by atoms with Crippen LogP contribution in [0.3, 0.4) is 0 Å². The van der Waals surface area contributed by atoms with Gasteiger partial charge in [0, 0.05) is 37.5 Å². The Hall–Kier alpha value is -1.26. The van der Waals surface area contributed by atoms with Gasteiger partial charge in [-0.3, -0.25) is 9.21 Å². The van der Waals surface area contributed by atoms with E-state index in [1.165, 1.54) is 4.42 Å². The Morgan fingerprint density at radius 3 is 2.26 bits per heavy atom. The molecule has 1 aromatic rings. The van der Waals surface area contributed by atoms with Crippen LogP contribution in [-0.2, 0) is 0 Å². The van der Waals surface area contributed by atoms with Gasteiger partial charge in [-0.25, -0.2) is 0 Å². The molecule has 0 bridgehead atoms. The van der Waals surface area contributed by atoms with Crippen molar-refractivity contribution in [2.75, 3.05) is 37.6 Å². The van der Waals surface area contributed by atoms with Gasteiger partial charge in [0.2, 0.25) is 0 Å².